The van der Waals surface area contributed by atoms with Gasteiger partial charge in [-0.15, -0.1) is 24.0 Å². The Kier molecular flexibility index (Phi) is 12.4. The summed E-state index contributed by atoms with van der Waals surface area (Å²) in [5, 5.41) is 6.89. The Balaban J connectivity index is 0.00000450. The van der Waals surface area contributed by atoms with E-state index in [4.69, 9.17) is 4.74 Å². The molecule has 2 fully saturated rings. The third-order valence-electron chi connectivity index (χ3n) is 5.87. The van der Waals surface area contributed by atoms with Gasteiger partial charge in [-0.3, -0.25) is 4.99 Å². The first kappa shape index (κ1) is 27.3. The second-order valence-corrected chi connectivity index (χ2v) is 9.67. The average Bonchev–Trinajstić information content (AvgIpc) is 2.68. The Morgan fingerprint density at radius 3 is 2.27 bits per heavy atom. The lowest BCUT2D eigenvalue weighted by Crippen LogP contribution is -2.45. The van der Waals surface area contributed by atoms with Crippen molar-refractivity contribution in [2.24, 2.45) is 16.8 Å². The van der Waals surface area contributed by atoms with Crippen molar-refractivity contribution >= 4 is 36.0 Å². The maximum absolute atomic E-state index is 12.2. The molecule has 2 aliphatic heterocycles. The lowest BCUT2D eigenvalue weighted by atomic mass is 9.97. The highest BCUT2D eigenvalue weighted by molar-refractivity contribution is 14.0. The summed E-state index contributed by atoms with van der Waals surface area (Å²) in [6.07, 6.45) is 5.62. The molecule has 8 heteroatoms. The number of amides is 1. The van der Waals surface area contributed by atoms with Crippen LogP contribution < -0.4 is 10.6 Å². The molecule has 0 unspecified atom stereocenters. The zero-order chi connectivity index (χ0) is 21.3. The summed E-state index contributed by atoms with van der Waals surface area (Å²) in [5.41, 5.74) is -0.430. The minimum Gasteiger partial charge on any atom is -0.444 e. The number of likely N-dealkylation sites (tertiary alicyclic amines) is 2. The maximum atomic E-state index is 12.2. The van der Waals surface area contributed by atoms with Gasteiger partial charge in [0.2, 0.25) is 0 Å². The molecule has 1 amide bonds. The Morgan fingerprint density at radius 2 is 1.70 bits per heavy atom. The summed E-state index contributed by atoms with van der Waals surface area (Å²) < 4.78 is 5.47. The van der Waals surface area contributed by atoms with Crippen LogP contribution in [-0.2, 0) is 4.74 Å². The topological polar surface area (TPSA) is 69.2 Å². The van der Waals surface area contributed by atoms with Gasteiger partial charge in [-0.25, -0.2) is 4.79 Å². The van der Waals surface area contributed by atoms with Crippen molar-refractivity contribution < 1.29 is 9.53 Å². The molecular weight excluding hydrogens is 493 g/mol. The summed E-state index contributed by atoms with van der Waals surface area (Å²) in [6.45, 7) is 15.1. The molecule has 2 heterocycles. The number of halogens is 1. The molecule has 2 aliphatic rings. The second-order valence-electron chi connectivity index (χ2n) is 9.67. The Labute approximate surface area is 200 Å². The number of nitrogens with one attached hydrogen (secondary N) is 2. The molecule has 0 spiro atoms. The standard InChI is InChI=1S/C22H43N5O2.HI/c1-18-7-13-26(14-8-18)12-6-11-24-20(23-5)25-17-19-9-15-27(16-10-19)21(28)29-22(2,3)4;/h18-19H,6-17H2,1-5H3,(H2,23,24,25);1H. The molecule has 30 heavy (non-hydrogen) atoms. The van der Waals surface area contributed by atoms with Crippen molar-refractivity contribution in [1.29, 1.82) is 0 Å². The van der Waals surface area contributed by atoms with Gasteiger partial charge in [0.05, 0.1) is 0 Å². The van der Waals surface area contributed by atoms with Crippen LogP contribution in [0.1, 0.15) is 59.8 Å². The van der Waals surface area contributed by atoms with Crippen molar-refractivity contribution in [2.45, 2.75) is 65.4 Å². The third-order valence-corrected chi connectivity index (χ3v) is 5.87. The van der Waals surface area contributed by atoms with E-state index in [0.29, 0.717) is 5.92 Å². The highest BCUT2D eigenvalue weighted by Crippen LogP contribution is 2.19. The Hall–Kier alpha value is -0.770. The largest absolute Gasteiger partial charge is 0.444 e. The molecule has 176 valence electrons. The first-order valence-corrected chi connectivity index (χ1v) is 11.4. The van der Waals surface area contributed by atoms with E-state index in [9.17, 15) is 4.79 Å². The zero-order valence-corrected chi connectivity index (χ0v) is 22.0. The molecule has 0 saturated carbocycles. The quantitative estimate of drug-likeness (QED) is 0.235. The third kappa shape index (κ3) is 10.5. The van der Waals surface area contributed by atoms with Gasteiger partial charge in [0.25, 0.3) is 0 Å². The molecule has 7 nitrogen and oxygen atoms in total. The fourth-order valence-corrected chi connectivity index (χ4v) is 3.90. The summed E-state index contributed by atoms with van der Waals surface area (Å²) in [7, 11) is 1.83. The molecule has 0 radical (unpaired) electrons. The van der Waals surface area contributed by atoms with Crippen molar-refractivity contribution in [1.82, 2.24) is 20.4 Å². The van der Waals surface area contributed by atoms with Gasteiger partial charge in [0.15, 0.2) is 5.96 Å². The molecule has 0 aromatic heterocycles. The minimum atomic E-state index is -0.430. The Bertz CT molecular complexity index is 522. The predicted molar refractivity (Wildman–Crippen MR) is 135 cm³/mol. The zero-order valence-electron chi connectivity index (χ0n) is 19.7. The maximum Gasteiger partial charge on any atom is 0.410 e. The van der Waals surface area contributed by atoms with Crippen molar-refractivity contribution in [3.8, 4) is 0 Å². The molecule has 0 aromatic rings. The van der Waals surface area contributed by atoms with E-state index in [1.54, 1.807) is 0 Å². The fourth-order valence-electron chi connectivity index (χ4n) is 3.90. The smallest absolute Gasteiger partial charge is 0.410 e. The summed E-state index contributed by atoms with van der Waals surface area (Å²) in [4.78, 5) is 20.9. The SMILES string of the molecule is CN=C(NCCCN1CCC(C)CC1)NCC1CCN(C(=O)OC(C)(C)C)CC1.I. The molecule has 0 bridgehead atoms. The van der Waals surface area contributed by atoms with Crippen LogP contribution in [0.25, 0.3) is 0 Å². The number of ether oxygens (including phenoxy) is 1. The van der Waals surface area contributed by atoms with E-state index in [1.807, 2.05) is 32.7 Å². The summed E-state index contributed by atoms with van der Waals surface area (Å²) in [5.74, 6) is 2.33. The van der Waals surface area contributed by atoms with E-state index in [2.05, 4.69) is 27.4 Å². The molecule has 2 rings (SSSR count). The molecule has 2 saturated heterocycles. The van der Waals surface area contributed by atoms with Gasteiger partial charge in [0.1, 0.15) is 5.60 Å². The number of hydrogen-bond acceptors (Lipinski definition) is 4. The summed E-state index contributed by atoms with van der Waals surface area (Å²) in [6, 6.07) is 0. The van der Waals surface area contributed by atoms with Gasteiger partial charge in [-0.2, -0.15) is 0 Å². The number of aliphatic imine (C=N–C) groups is 1. The van der Waals surface area contributed by atoms with Crippen LogP contribution >= 0.6 is 24.0 Å². The lowest BCUT2D eigenvalue weighted by molar-refractivity contribution is 0.0185. The molecular formula is C22H44IN5O2. The van der Waals surface area contributed by atoms with E-state index in [1.165, 1.54) is 32.5 Å². The van der Waals surface area contributed by atoms with Crippen LogP contribution in [-0.4, -0.2) is 80.3 Å². The van der Waals surface area contributed by atoms with Gasteiger partial charge < -0.3 is 25.2 Å². The highest BCUT2D eigenvalue weighted by Gasteiger charge is 2.26. The summed E-state index contributed by atoms with van der Waals surface area (Å²) >= 11 is 0. The molecule has 0 aliphatic carbocycles. The number of guanidine groups is 1. The average molecular weight is 538 g/mol. The van der Waals surface area contributed by atoms with E-state index in [0.717, 1.165) is 57.3 Å². The normalized spacial score (nSPS) is 19.9. The van der Waals surface area contributed by atoms with E-state index < -0.39 is 5.60 Å². The van der Waals surface area contributed by atoms with Crippen LogP contribution in [0.2, 0.25) is 0 Å². The first-order valence-electron chi connectivity index (χ1n) is 11.4. The number of rotatable bonds is 6. The molecule has 0 atom stereocenters. The monoisotopic (exact) mass is 537 g/mol. The highest BCUT2D eigenvalue weighted by atomic mass is 127. The van der Waals surface area contributed by atoms with Gasteiger partial charge in [-0.05, 0) is 84.3 Å². The van der Waals surface area contributed by atoms with Crippen LogP contribution in [0.15, 0.2) is 4.99 Å². The number of carbonyl (C=O) groups excluding carboxylic acids is 1. The van der Waals surface area contributed by atoms with Crippen LogP contribution in [0.3, 0.4) is 0 Å². The minimum absolute atomic E-state index is 0. The molecule has 0 aromatic carbocycles. The van der Waals surface area contributed by atoms with Crippen molar-refractivity contribution in [3.05, 3.63) is 0 Å². The van der Waals surface area contributed by atoms with E-state index >= 15 is 0 Å². The fraction of sp³-hybridized carbons (Fsp3) is 0.909. The second kappa shape index (κ2) is 13.6. The van der Waals surface area contributed by atoms with E-state index in [-0.39, 0.29) is 30.1 Å². The van der Waals surface area contributed by atoms with Crippen LogP contribution in [0.5, 0.6) is 0 Å². The van der Waals surface area contributed by atoms with Crippen LogP contribution in [0, 0.1) is 11.8 Å². The van der Waals surface area contributed by atoms with Gasteiger partial charge in [-0.1, -0.05) is 6.92 Å². The van der Waals surface area contributed by atoms with Crippen LogP contribution in [0.4, 0.5) is 4.79 Å². The number of nitrogens with zero attached hydrogens (tertiary/aromatic N) is 3. The van der Waals surface area contributed by atoms with Crippen molar-refractivity contribution in [3.63, 3.8) is 0 Å². The lowest BCUT2D eigenvalue weighted by Gasteiger charge is -2.33. The van der Waals surface area contributed by atoms with Crippen molar-refractivity contribution in [2.75, 3.05) is 52.9 Å². The van der Waals surface area contributed by atoms with Gasteiger partial charge >= 0.3 is 6.09 Å². The molecule has 2 N–H and O–H groups in total. The number of piperidine rings is 2. The van der Waals surface area contributed by atoms with Gasteiger partial charge in [0, 0.05) is 33.2 Å². The first-order chi connectivity index (χ1) is 13.8. The Morgan fingerprint density at radius 1 is 1.07 bits per heavy atom. The number of hydrogen-bond donors (Lipinski definition) is 2. The predicted octanol–water partition coefficient (Wildman–Crippen LogP) is 3.54. The number of carbonyl (C=O) groups is 1.